The molecule has 0 saturated heterocycles. The van der Waals surface area contributed by atoms with Crippen molar-refractivity contribution in [3.05, 3.63) is 11.5 Å². The Labute approximate surface area is 51.7 Å². The van der Waals surface area contributed by atoms with E-state index >= 15 is 0 Å². The number of allylic oxidation sites excluding steroid dienone is 1. The highest BCUT2D eigenvalue weighted by Crippen LogP contribution is 2.15. The zero-order valence-electron chi connectivity index (χ0n) is 3.90. The monoisotopic (exact) mass is 136 g/mol. The minimum atomic E-state index is -0.424. The van der Waals surface area contributed by atoms with Crippen molar-refractivity contribution in [1.82, 2.24) is 0 Å². The van der Waals surface area contributed by atoms with Crippen molar-refractivity contribution >= 4 is 27.9 Å². The lowest BCUT2D eigenvalue weighted by Crippen LogP contribution is -1.68. The fourth-order valence-electron chi connectivity index (χ4n) is 0.137. The van der Waals surface area contributed by atoms with E-state index in [-0.39, 0.29) is 0 Å². The molecule has 1 nitrogen and oxygen atoms in total. The van der Waals surface area contributed by atoms with Gasteiger partial charge in [0.15, 0.2) is 0 Å². The van der Waals surface area contributed by atoms with E-state index in [1.807, 2.05) is 0 Å². The van der Waals surface area contributed by atoms with E-state index in [1.54, 1.807) is 6.92 Å². The highest BCUT2D eigenvalue weighted by atomic mass is 35.5. The first-order chi connectivity index (χ1) is 3.13. The summed E-state index contributed by atoms with van der Waals surface area (Å²) in [5.74, 6) is 0. The van der Waals surface area contributed by atoms with Crippen LogP contribution in [-0.2, 0) is 0 Å². The van der Waals surface area contributed by atoms with Gasteiger partial charge in [-0.25, -0.2) is 0 Å². The van der Waals surface area contributed by atoms with Crippen LogP contribution in [0, 0.1) is 0 Å². The molecule has 0 aliphatic carbocycles. The van der Waals surface area contributed by atoms with Gasteiger partial charge in [-0.2, -0.15) is 0 Å². The Hall–Kier alpha value is 0.0500. The molecule has 0 saturated carbocycles. The van der Waals surface area contributed by atoms with Gasteiger partial charge in [0.1, 0.15) is 0 Å². The minimum absolute atomic E-state index is 0.424. The van der Waals surface area contributed by atoms with E-state index in [0.717, 1.165) is 16.7 Å². The predicted octanol–water partition coefficient (Wildman–Crippen LogP) is 2.61. The van der Waals surface area contributed by atoms with E-state index in [2.05, 4.69) is 6.58 Å². The SMILES string of the molecule is C=C(C)SC(=O)Cl. The van der Waals surface area contributed by atoms with Gasteiger partial charge in [-0.15, -0.1) is 0 Å². The van der Waals surface area contributed by atoms with Gasteiger partial charge in [-0.1, -0.05) is 6.58 Å². The summed E-state index contributed by atoms with van der Waals surface area (Å²) >= 11 is 5.88. The fraction of sp³-hybridized carbons (Fsp3) is 0.250. The number of rotatable bonds is 1. The van der Waals surface area contributed by atoms with Crippen molar-refractivity contribution < 1.29 is 4.79 Å². The van der Waals surface area contributed by atoms with Gasteiger partial charge in [0.2, 0.25) is 0 Å². The Bertz CT molecular complexity index is 87.9. The third kappa shape index (κ3) is 6.05. The van der Waals surface area contributed by atoms with Gasteiger partial charge in [0, 0.05) is 0 Å². The topological polar surface area (TPSA) is 17.1 Å². The van der Waals surface area contributed by atoms with Gasteiger partial charge in [-0.05, 0) is 35.2 Å². The average Bonchev–Trinajstić information content (AvgIpc) is 1.27. The molecule has 0 aromatic carbocycles. The molecule has 0 unspecified atom stereocenters. The lowest BCUT2D eigenvalue weighted by Gasteiger charge is -1.84. The smallest absolute Gasteiger partial charge is 0.268 e. The van der Waals surface area contributed by atoms with Crippen LogP contribution in [0.1, 0.15) is 6.92 Å². The largest absolute Gasteiger partial charge is 0.283 e. The molecule has 3 heteroatoms. The molecule has 0 rings (SSSR count). The summed E-state index contributed by atoms with van der Waals surface area (Å²) in [7, 11) is 0. The molecular weight excluding hydrogens is 132 g/mol. The minimum Gasteiger partial charge on any atom is -0.268 e. The maximum Gasteiger partial charge on any atom is 0.283 e. The van der Waals surface area contributed by atoms with E-state index in [1.165, 1.54) is 0 Å². The number of thioether (sulfide) groups is 1. The van der Waals surface area contributed by atoms with E-state index < -0.39 is 4.57 Å². The van der Waals surface area contributed by atoms with Crippen LogP contribution in [0.3, 0.4) is 0 Å². The predicted molar refractivity (Wildman–Crippen MR) is 33.7 cm³/mol. The van der Waals surface area contributed by atoms with Crippen LogP contribution in [0.4, 0.5) is 4.79 Å². The Kier molecular flexibility index (Phi) is 3.13. The summed E-state index contributed by atoms with van der Waals surface area (Å²) in [5, 5.41) is 0. The van der Waals surface area contributed by atoms with Gasteiger partial charge in [-0.3, -0.25) is 4.79 Å². The Balaban J connectivity index is 3.32. The molecule has 40 valence electrons. The van der Waals surface area contributed by atoms with Crippen LogP contribution in [0.15, 0.2) is 11.5 Å². The second-order valence-electron chi connectivity index (χ2n) is 1.04. The first-order valence-electron chi connectivity index (χ1n) is 1.65. The second-order valence-corrected chi connectivity index (χ2v) is 2.88. The average molecular weight is 137 g/mol. The summed E-state index contributed by atoms with van der Waals surface area (Å²) in [6.07, 6.45) is 0. The Morgan fingerprint density at radius 3 is 2.29 bits per heavy atom. The van der Waals surface area contributed by atoms with Gasteiger partial charge in [0.25, 0.3) is 4.57 Å². The molecule has 0 amide bonds. The number of hydrogen-bond acceptors (Lipinski definition) is 2. The Morgan fingerprint density at radius 2 is 2.29 bits per heavy atom. The van der Waals surface area contributed by atoms with Crippen molar-refractivity contribution in [2.24, 2.45) is 0 Å². The third-order valence-electron chi connectivity index (χ3n) is 0.254. The van der Waals surface area contributed by atoms with Gasteiger partial charge >= 0.3 is 0 Å². The van der Waals surface area contributed by atoms with Crippen molar-refractivity contribution in [3.8, 4) is 0 Å². The molecule has 0 aromatic heterocycles. The first-order valence-corrected chi connectivity index (χ1v) is 2.85. The van der Waals surface area contributed by atoms with Crippen molar-refractivity contribution in [2.75, 3.05) is 0 Å². The number of carbonyl (C=O) groups excluding carboxylic acids is 1. The lowest BCUT2D eigenvalue weighted by molar-refractivity contribution is 0.276. The van der Waals surface area contributed by atoms with Crippen LogP contribution in [0.5, 0.6) is 0 Å². The molecule has 0 aliphatic heterocycles. The lowest BCUT2D eigenvalue weighted by atomic mass is 10.8. The summed E-state index contributed by atoms with van der Waals surface area (Å²) in [5.41, 5.74) is 0. The molecule has 0 radical (unpaired) electrons. The summed E-state index contributed by atoms with van der Waals surface area (Å²) in [4.78, 5) is 10.6. The number of halogens is 1. The van der Waals surface area contributed by atoms with Crippen LogP contribution in [0.25, 0.3) is 0 Å². The molecule has 0 heterocycles. The molecule has 7 heavy (non-hydrogen) atoms. The Morgan fingerprint density at radius 1 is 1.86 bits per heavy atom. The normalized spacial score (nSPS) is 8.29. The molecule has 0 spiro atoms. The third-order valence-corrected chi connectivity index (χ3v) is 0.995. The maximum atomic E-state index is 9.92. The van der Waals surface area contributed by atoms with Crippen LogP contribution in [0.2, 0.25) is 0 Å². The zero-order chi connectivity index (χ0) is 5.86. The summed E-state index contributed by atoms with van der Waals surface area (Å²) in [6, 6.07) is 0. The van der Waals surface area contributed by atoms with Gasteiger partial charge < -0.3 is 0 Å². The molecule has 0 fully saturated rings. The van der Waals surface area contributed by atoms with Crippen molar-refractivity contribution in [2.45, 2.75) is 6.92 Å². The highest BCUT2D eigenvalue weighted by molar-refractivity contribution is 8.19. The van der Waals surface area contributed by atoms with Crippen LogP contribution in [-0.4, -0.2) is 4.57 Å². The maximum absolute atomic E-state index is 9.92. The second kappa shape index (κ2) is 3.10. The molecule has 0 atom stereocenters. The molecule has 0 bridgehead atoms. The summed E-state index contributed by atoms with van der Waals surface area (Å²) in [6.45, 7) is 5.18. The highest BCUT2D eigenvalue weighted by Gasteiger charge is 1.92. The zero-order valence-corrected chi connectivity index (χ0v) is 5.47. The van der Waals surface area contributed by atoms with Crippen LogP contribution < -0.4 is 0 Å². The first kappa shape index (κ1) is 7.05. The molecule has 0 aliphatic rings. The number of carbonyl (C=O) groups is 1. The standard InChI is InChI=1S/C4H5ClOS/c1-3(2)7-4(5)6/h1H2,2H3. The van der Waals surface area contributed by atoms with Gasteiger partial charge in [0.05, 0.1) is 0 Å². The van der Waals surface area contributed by atoms with Crippen molar-refractivity contribution in [1.29, 1.82) is 0 Å². The van der Waals surface area contributed by atoms with E-state index in [4.69, 9.17) is 11.6 Å². The fourth-order valence-corrected chi connectivity index (χ4v) is 0.806. The summed E-state index contributed by atoms with van der Waals surface area (Å²) < 4.78 is -0.424. The number of hydrogen-bond donors (Lipinski definition) is 0. The van der Waals surface area contributed by atoms with Crippen molar-refractivity contribution in [3.63, 3.8) is 0 Å². The molecule has 0 N–H and O–H groups in total. The quantitative estimate of drug-likeness (QED) is 0.516. The molecule has 0 aromatic rings. The van der Waals surface area contributed by atoms with E-state index in [0.29, 0.717) is 0 Å². The van der Waals surface area contributed by atoms with Crippen LogP contribution >= 0.6 is 23.4 Å². The molecular formula is C4H5ClOS. The van der Waals surface area contributed by atoms with E-state index in [9.17, 15) is 4.79 Å².